The number of hydrogen-bond donors (Lipinski definition) is 0. The summed E-state index contributed by atoms with van der Waals surface area (Å²) >= 11 is 0. The molecule has 4 nitrogen and oxygen atoms in total. The lowest BCUT2D eigenvalue weighted by Gasteiger charge is -2.27. The van der Waals surface area contributed by atoms with Crippen LogP contribution in [-0.2, 0) is 18.9 Å². The van der Waals surface area contributed by atoms with Crippen LogP contribution in [0.3, 0.4) is 0 Å². The summed E-state index contributed by atoms with van der Waals surface area (Å²) in [5.74, 6) is 1.02. The first kappa shape index (κ1) is 14.8. The van der Waals surface area contributed by atoms with Crippen LogP contribution >= 0.6 is 0 Å². The molecular weight excluding hydrogens is 256 g/mol. The van der Waals surface area contributed by atoms with Gasteiger partial charge in [0, 0.05) is 20.6 Å². The summed E-state index contributed by atoms with van der Waals surface area (Å²) in [5, 5.41) is 0. The monoisotopic (exact) mass is 284 g/mol. The van der Waals surface area contributed by atoms with E-state index in [-0.39, 0.29) is 23.4 Å². The second-order valence-electron chi connectivity index (χ2n) is 7.27. The SMILES string of the molecule is COC1C[C@]2(CO2)C(C2(C)OC2CCC(C)C)[C@@H]1OC. The molecule has 0 aromatic heterocycles. The highest BCUT2D eigenvalue weighted by atomic mass is 16.6. The zero-order valence-corrected chi connectivity index (χ0v) is 13.3. The molecule has 2 heterocycles. The van der Waals surface area contributed by atoms with Gasteiger partial charge in [0.2, 0.25) is 0 Å². The summed E-state index contributed by atoms with van der Waals surface area (Å²) in [6.45, 7) is 7.59. The Balaban J connectivity index is 1.72. The molecule has 1 saturated carbocycles. The number of epoxide rings is 2. The fraction of sp³-hybridized carbons (Fsp3) is 1.00. The molecule has 0 amide bonds. The van der Waals surface area contributed by atoms with Gasteiger partial charge in [-0.25, -0.2) is 0 Å². The molecule has 3 aliphatic rings. The molecule has 1 spiro atoms. The third kappa shape index (κ3) is 2.21. The zero-order valence-electron chi connectivity index (χ0n) is 13.3. The highest BCUT2D eigenvalue weighted by Gasteiger charge is 2.74. The van der Waals surface area contributed by atoms with E-state index in [9.17, 15) is 0 Å². The van der Waals surface area contributed by atoms with Gasteiger partial charge < -0.3 is 18.9 Å². The van der Waals surface area contributed by atoms with E-state index < -0.39 is 0 Å². The zero-order chi connectivity index (χ0) is 14.5. The summed E-state index contributed by atoms with van der Waals surface area (Å²) in [7, 11) is 3.54. The predicted molar refractivity (Wildman–Crippen MR) is 75.7 cm³/mol. The van der Waals surface area contributed by atoms with Gasteiger partial charge in [-0.1, -0.05) is 13.8 Å². The second-order valence-corrected chi connectivity index (χ2v) is 7.27. The van der Waals surface area contributed by atoms with Crippen LogP contribution in [0.1, 0.15) is 40.0 Å². The summed E-state index contributed by atoms with van der Waals surface area (Å²) in [6, 6.07) is 0. The highest BCUT2D eigenvalue weighted by molar-refractivity contribution is 5.22. The summed E-state index contributed by atoms with van der Waals surface area (Å²) in [6.07, 6.45) is 3.84. The first-order valence-electron chi connectivity index (χ1n) is 7.84. The third-order valence-electron chi connectivity index (χ3n) is 5.50. The molecule has 3 fully saturated rings. The molecule has 4 heteroatoms. The largest absolute Gasteiger partial charge is 0.379 e. The molecule has 20 heavy (non-hydrogen) atoms. The number of rotatable bonds is 6. The van der Waals surface area contributed by atoms with E-state index in [0.29, 0.717) is 12.0 Å². The van der Waals surface area contributed by atoms with Crippen molar-refractivity contribution in [1.82, 2.24) is 0 Å². The van der Waals surface area contributed by atoms with Crippen molar-refractivity contribution < 1.29 is 18.9 Å². The standard InChI is InChI=1S/C16H28O4/c1-10(2)6-7-12-15(3,20-12)14-13(18-5)11(17-4)8-16(14)9-19-16/h10-14H,6-9H2,1-5H3/t11?,12?,13-,14?,15?,16+/m1/s1. The Morgan fingerprint density at radius 1 is 1.25 bits per heavy atom. The van der Waals surface area contributed by atoms with Crippen LogP contribution in [0.25, 0.3) is 0 Å². The Morgan fingerprint density at radius 2 is 1.95 bits per heavy atom. The third-order valence-corrected chi connectivity index (χ3v) is 5.50. The molecule has 3 rings (SSSR count). The first-order chi connectivity index (χ1) is 9.47. The van der Waals surface area contributed by atoms with Gasteiger partial charge in [0.05, 0.1) is 30.8 Å². The summed E-state index contributed by atoms with van der Waals surface area (Å²) < 4.78 is 23.3. The lowest BCUT2D eigenvalue weighted by molar-refractivity contribution is -0.0504. The minimum Gasteiger partial charge on any atom is -0.379 e. The van der Waals surface area contributed by atoms with Gasteiger partial charge in [0.1, 0.15) is 11.2 Å². The lowest BCUT2D eigenvalue weighted by atomic mass is 9.80. The maximum absolute atomic E-state index is 6.12. The van der Waals surface area contributed by atoms with E-state index in [1.54, 1.807) is 14.2 Å². The molecule has 4 unspecified atom stereocenters. The number of methoxy groups -OCH3 is 2. The van der Waals surface area contributed by atoms with Crippen LogP contribution in [0.15, 0.2) is 0 Å². The Hall–Kier alpha value is -0.160. The maximum atomic E-state index is 6.12. The minimum absolute atomic E-state index is 0.0529. The molecule has 116 valence electrons. The minimum atomic E-state index is -0.0979. The molecule has 1 aliphatic carbocycles. The van der Waals surface area contributed by atoms with Crippen LogP contribution in [0.4, 0.5) is 0 Å². The molecule has 0 aromatic rings. The Kier molecular flexibility index (Phi) is 3.65. The van der Waals surface area contributed by atoms with Crippen molar-refractivity contribution in [2.45, 2.75) is 69.5 Å². The van der Waals surface area contributed by atoms with Crippen molar-refractivity contribution in [3.05, 3.63) is 0 Å². The van der Waals surface area contributed by atoms with Gasteiger partial charge in [0.25, 0.3) is 0 Å². The topological polar surface area (TPSA) is 43.5 Å². The maximum Gasteiger partial charge on any atom is 0.102 e. The Morgan fingerprint density at radius 3 is 2.45 bits per heavy atom. The van der Waals surface area contributed by atoms with Gasteiger partial charge in [-0.15, -0.1) is 0 Å². The van der Waals surface area contributed by atoms with Gasteiger partial charge >= 0.3 is 0 Å². The molecule has 0 N–H and O–H groups in total. The number of hydrogen-bond acceptors (Lipinski definition) is 4. The van der Waals surface area contributed by atoms with Gasteiger partial charge in [-0.3, -0.25) is 0 Å². The van der Waals surface area contributed by atoms with Crippen molar-refractivity contribution in [3.63, 3.8) is 0 Å². The second kappa shape index (κ2) is 4.94. The molecule has 2 aliphatic heterocycles. The molecule has 0 aromatic carbocycles. The van der Waals surface area contributed by atoms with Gasteiger partial charge in [-0.2, -0.15) is 0 Å². The van der Waals surface area contributed by atoms with Crippen LogP contribution in [-0.4, -0.2) is 50.3 Å². The van der Waals surface area contributed by atoms with Gasteiger partial charge in [-0.05, 0) is 25.7 Å². The first-order valence-corrected chi connectivity index (χ1v) is 7.84. The smallest absolute Gasteiger partial charge is 0.102 e. The Labute approximate surface area is 122 Å². The lowest BCUT2D eigenvalue weighted by Crippen LogP contribution is -2.42. The average Bonchev–Trinajstić information content (AvgIpc) is 3.26. The summed E-state index contributed by atoms with van der Waals surface area (Å²) in [5.41, 5.74) is -0.151. The van der Waals surface area contributed by atoms with E-state index >= 15 is 0 Å². The highest BCUT2D eigenvalue weighted by Crippen LogP contribution is 2.61. The number of ether oxygens (including phenoxy) is 4. The predicted octanol–water partition coefficient (Wildman–Crippen LogP) is 2.40. The van der Waals surface area contributed by atoms with E-state index in [4.69, 9.17) is 18.9 Å². The fourth-order valence-corrected chi connectivity index (χ4v) is 4.22. The normalized spacial score (nSPS) is 50.1. The van der Waals surface area contributed by atoms with Crippen molar-refractivity contribution in [1.29, 1.82) is 0 Å². The Bertz CT molecular complexity index is 365. The van der Waals surface area contributed by atoms with Crippen LogP contribution in [0.2, 0.25) is 0 Å². The van der Waals surface area contributed by atoms with Crippen molar-refractivity contribution in [2.75, 3.05) is 20.8 Å². The van der Waals surface area contributed by atoms with Crippen molar-refractivity contribution in [2.24, 2.45) is 11.8 Å². The van der Waals surface area contributed by atoms with E-state index in [0.717, 1.165) is 25.4 Å². The average molecular weight is 284 g/mol. The molecular formula is C16H28O4. The quantitative estimate of drug-likeness (QED) is 0.703. The van der Waals surface area contributed by atoms with E-state index in [2.05, 4.69) is 20.8 Å². The van der Waals surface area contributed by atoms with Crippen LogP contribution < -0.4 is 0 Å². The van der Waals surface area contributed by atoms with Gasteiger partial charge in [0.15, 0.2) is 0 Å². The molecule has 0 radical (unpaired) electrons. The van der Waals surface area contributed by atoms with Crippen molar-refractivity contribution >= 4 is 0 Å². The molecule has 2 saturated heterocycles. The summed E-state index contributed by atoms with van der Waals surface area (Å²) in [4.78, 5) is 0. The fourth-order valence-electron chi connectivity index (χ4n) is 4.22. The van der Waals surface area contributed by atoms with E-state index in [1.165, 1.54) is 6.42 Å². The molecule has 6 atom stereocenters. The molecule has 0 bridgehead atoms. The van der Waals surface area contributed by atoms with Crippen LogP contribution in [0.5, 0.6) is 0 Å². The van der Waals surface area contributed by atoms with E-state index in [1.807, 2.05) is 0 Å². The van der Waals surface area contributed by atoms with Crippen LogP contribution in [0, 0.1) is 11.8 Å². The van der Waals surface area contributed by atoms with Crippen molar-refractivity contribution in [3.8, 4) is 0 Å².